The Hall–Kier alpha value is -1.84. The Kier molecular flexibility index (Phi) is 3.13. The fourth-order valence-corrected chi connectivity index (χ4v) is 2.17. The van der Waals surface area contributed by atoms with E-state index in [4.69, 9.17) is 5.11 Å². The van der Waals surface area contributed by atoms with E-state index in [0.717, 1.165) is 24.8 Å². The van der Waals surface area contributed by atoms with Crippen LogP contribution in [0.3, 0.4) is 0 Å². The predicted molar refractivity (Wildman–Crippen MR) is 63.0 cm³/mol. The van der Waals surface area contributed by atoms with Crippen LogP contribution in [-0.2, 0) is 17.6 Å². The lowest BCUT2D eigenvalue weighted by Gasteiger charge is -2.12. The van der Waals surface area contributed by atoms with E-state index in [-0.39, 0.29) is 5.91 Å². The Morgan fingerprint density at radius 2 is 2.12 bits per heavy atom. The molecule has 1 atom stereocenters. The molecule has 0 saturated heterocycles. The van der Waals surface area contributed by atoms with Crippen molar-refractivity contribution in [2.75, 3.05) is 0 Å². The smallest absolute Gasteiger partial charge is 0.325 e. The molecule has 0 bridgehead atoms. The van der Waals surface area contributed by atoms with E-state index in [1.807, 2.05) is 12.1 Å². The zero-order valence-corrected chi connectivity index (χ0v) is 9.69. The van der Waals surface area contributed by atoms with Crippen molar-refractivity contribution in [3.05, 3.63) is 34.9 Å². The molecule has 0 spiro atoms. The summed E-state index contributed by atoms with van der Waals surface area (Å²) in [5.74, 6) is -1.32. The molecule has 0 saturated carbocycles. The van der Waals surface area contributed by atoms with Gasteiger partial charge < -0.3 is 10.4 Å². The Morgan fingerprint density at radius 1 is 1.35 bits per heavy atom. The van der Waals surface area contributed by atoms with Gasteiger partial charge in [0.05, 0.1) is 0 Å². The number of carboxylic acid groups (broad SMARTS) is 1. The molecule has 0 aliphatic heterocycles. The Bertz CT molecular complexity index is 468. The van der Waals surface area contributed by atoms with Gasteiger partial charge >= 0.3 is 5.97 Å². The second-order valence-corrected chi connectivity index (χ2v) is 4.33. The molecular weight excluding hydrogens is 218 g/mol. The van der Waals surface area contributed by atoms with Gasteiger partial charge in [-0.3, -0.25) is 9.59 Å². The molecule has 1 aliphatic rings. The van der Waals surface area contributed by atoms with Gasteiger partial charge in [0, 0.05) is 5.56 Å². The van der Waals surface area contributed by atoms with Gasteiger partial charge in [-0.2, -0.15) is 0 Å². The third-order valence-corrected chi connectivity index (χ3v) is 3.11. The van der Waals surface area contributed by atoms with Crippen molar-refractivity contribution in [1.29, 1.82) is 0 Å². The highest BCUT2D eigenvalue weighted by Crippen LogP contribution is 2.25. The van der Waals surface area contributed by atoms with Crippen LogP contribution in [0.2, 0.25) is 0 Å². The molecule has 1 aromatic rings. The summed E-state index contributed by atoms with van der Waals surface area (Å²) < 4.78 is 0. The number of hydrogen-bond donors (Lipinski definition) is 2. The number of rotatable bonds is 3. The number of fused-ring (bicyclic) bond motifs is 1. The van der Waals surface area contributed by atoms with E-state index in [1.165, 1.54) is 12.5 Å². The van der Waals surface area contributed by atoms with Crippen molar-refractivity contribution in [3.8, 4) is 0 Å². The number of aliphatic carboxylic acids is 1. The highest BCUT2D eigenvalue weighted by molar-refractivity contribution is 5.98. The number of nitrogens with one attached hydrogen (secondary N) is 1. The minimum absolute atomic E-state index is 0.293. The first-order chi connectivity index (χ1) is 8.09. The number of benzene rings is 1. The van der Waals surface area contributed by atoms with Crippen LogP contribution in [0.1, 0.15) is 34.8 Å². The maximum atomic E-state index is 11.9. The summed E-state index contributed by atoms with van der Waals surface area (Å²) in [4.78, 5) is 22.6. The van der Waals surface area contributed by atoms with Crippen molar-refractivity contribution in [2.45, 2.75) is 32.2 Å². The van der Waals surface area contributed by atoms with Crippen LogP contribution in [0.5, 0.6) is 0 Å². The van der Waals surface area contributed by atoms with Crippen molar-refractivity contribution in [2.24, 2.45) is 0 Å². The number of hydrogen-bond acceptors (Lipinski definition) is 2. The summed E-state index contributed by atoms with van der Waals surface area (Å²) in [5, 5.41) is 11.2. The minimum Gasteiger partial charge on any atom is -0.480 e. The van der Waals surface area contributed by atoms with Gasteiger partial charge in [0.25, 0.3) is 5.91 Å². The average Bonchev–Trinajstić information content (AvgIpc) is 2.76. The Balaban J connectivity index is 2.20. The first-order valence-electron chi connectivity index (χ1n) is 5.74. The molecule has 1 amide bonds. The third-order valence-electron chi connectivity index (χ3n) is 3.11. The maximum absolute atomic E-state index is 11.9. The first kappa shape index (κ1) is 11.6. The molecule has 4 nitrogen and oxygen atoms in total. The van der Waals surface area contributed by atoms with Gasteiger partial charge in [-0.15, -0.1) is 0 Å². The molecule has 0 unspecified atom stereocenters. The summed E-state index contributed by atoms with van der Waals surface area (Å²) in [7, 11) is 0. The lowest BCUT2D eigenvalue weighted by Crippen LogP contribution is -2.38. The topological polar surface area (TPSA) is 66.4 Å². The monoisotopic (exact) mass is 233 g/mol. The standard InChI is InChI=1S/C13H15NO3/c1-8(13(16)17)14-12(15)11-7-3-5-9-4-2-6-10(9)11/h3,5,7-8H,2,4,6H2,1H3,(H,14,15)(H,16,17)/t8-/m0/s1. The normalized spacial score (nSPS) is 15.1. The summed E-state index contributed by atoms with van der Waals surface area (Å²) in [6.45, 7) is 1.46. The van der Waals surface area contributed by atoms with Gasteiger partial charge in [0.2, 0.25) is 0 Å². The molecule has 90 valence electrons. The van der Waals surface area contributed by atoms with Crippen molar-refractivity contribution in [3.63, 3.8) is 0 Å². The number of carbonyl (C=O) groups is 2. The van der Waals surface area contributed by atoms with E-state index >= 15 is 0 Å². The fraction of sp³-hybridized carbons (Fsp3) is 0.385. The number of carbonyl (C=O) groups excluding carboxylic acids is 1. The van der Waals surface area contributed by atoms with Crippen molar-refractivity contribution >= 4 is 11.9 Å². The van der Waals surface area contributed by atoms with Crippen LogP contribution < -0.4 is 5.32 Å². The van der Waals surface area contributed by atoms with E-state index in [9.17, 15) is 9.59 Å². The van der Waals surface area contributed by atoms with Crippen LogP contribution in [0, 0.1) is 0 Å². The summed E-state index contributed by atoms with van der Waals surface area (Å²) >= 11 is 0. The van der Waals surface area contributed by atoms with Crippen LogP contribution in [-0.4, -0.2) is 23.0 Å². The van der Waals surface area contributed by atoms with Crippen LogP contribution in [0.15, 0.2) is 18.2 Å². The third kappa shape index (κ3) is 2.30. The first-order valence-corrected chi connectivity index (χ1v) is 5.74. The van der Waals surface area contributed by atoms with Crippen molar-refractivity contribution < 1.29 is 14.7 Å². The van der Waals surface area contributed by atoms with Gasteiger partial charge in [0.15, 0.2) is 0 Å². The second-order valence-electron chi connectivity index (χ2n) is 4.33. The molecule has 0 radical (unpaired) electrons. The van der Waals surface area contributed by atoms with Gasteiger partial charge in [-0.25, -0.2) is 0 Å². The Labute approximate surface area is 99.6 Å². The van der Waals surface area contributed by atoms with Gasteiger partial charge in [-0.1, -0.05) is 12.1 Å². The minimum atomic E-state index is -1.02. The average molecular weight is 233 g/mol. The SMILES string of the molecule is C[C@H](NC(=O)c1cccc2c1CCC2)C(=O)O. The maximum Gasteiger partial charge on any atom is 0.325 e. The lowest BCUT2D eigenvalue weighted by molar-refractivity contribution is -0.138. The van der Waals surface area contributed by atoms with Crippen LogP contribution in [0.4, 0.5) is 0 Å². The van der Waals surface area contributed by atoms with E-state index < -0.39 is 12.0 Å². The van der Waals surface area contributed by atoms with Gasteiger partial charge in [0.1, 0.15) is 6.04 Å². The molecule has 0 fully saturated rings. The summed E-state index contributed by atoms with van der Waals surface area (Å²) in [5.41, 5.74) is 2.90. The summed E-state index contributed by atoms with van der Waals surface area (Å²) in [6.07, 6.45) is 2.97. The Morgan fingerprint density at radius 3 is 2.82 bits per heavy atom. The van der Waals surface area contributed by atoms with E-state index in [0.29, 0.717) is 5.56 Å². The largest absolute Gasteiger partial charge is 0.480 e. The van der Waals surface area contributed by atoms with E-state index in [2.05, 4.69) is 5.32 Å². The quantitative estimate of drug-likeness (QED) is 0.828. The fourth-order valence-electron chi connectivity index (χ4n) is 2.17. The molecule has 1 aromatic carbocycles. The molecule has 0 aromatic heterocycles. The van der Waals surface area contributed by atoms with Gasteiger partial charge in [-0.05, 0) is 43.4 Å². The van der Waals surface area contributed by atoms with Crippen LogP contribution >= 0.6 is 0 Å². The molecule has 0 heterocycles. The zero-order chi connectivity index (χ0) is 12.4. The molecule has 4 heteroatoms. The van der Waals surface area contributed by atoms with Crippen molar-refractivity contribution in [1.82, 2.24) is 5.32 Å². The molecule has 2 rings (SSSR count). The highest BCUT2D eigenvalue weighted by Gasteiger charge is 2.21. The highest BCUT2D eigenvalue weighted by atomic mass is 16.4. The van der Waals surface area contributed by atoms with Crippen LogP contribution in [0.25, 0.3) is 0 Å². The number of carboxylic acids is 1. The molecule has 2 N–H and O–H groups in total. The molecule has 1 aliphatic carbocycles. The number of amides is 1. The van der Waals surface area contributed by atoms with E-state index in [1.54, 1.807) is 6.07 Å². The predicted octanol–water partition coefficient (Wildman–Crippen LogP) is 1.38. The lowest BCUT2D eigenvalue weighted by atomic mass is 10.0. The molecule has 17 heavy (non-hydrogen) atoms. The molecular formula is C13H15NO3. The number of aryl methyl sites for hydroxylation is 1. The second kappa shape index (κ2) is 4.57. The summed E-state index contributed by atoms with van der Waals surface area (Å²) in [6, 6.07) is 4.78. The zero-order valence-electron chi connectivity index (χ0n) is 9.69.